The second-order valence-corrected chi connectivity index (χ2v) is 2.89. The van der Waals surface area contributed by atoms with Crippen LogP contribution in [0.3, 0.4) is 0 Å². The van der Waals surface area contributed by atoms with Gasteiger partial charge in [-0.25, -0.2) is 0 Å². The van der Waals surface area contributed by atoms with E-state index in [4.69, 9.17) is 11.1 Å². The minimum absolute atomic E-state index is 0.110. The number of anilines is 1. The van der Waals surface area contributed by atoms with E-state index in [1.807, 2.05) is 24.3 Å². The molecule has 0 amide bonds. The molecule has 0 aromatic heterocycles. The highest BCUT2D eigenvalue weighted by Crippen LogP contribution is 2.13. The minimum atomic E-state index is 0.110. The van der Waals surface area contributed by atoms with E-state index in [2.05, 4.69) is 12.2 Å². The van der Waals surface area contributed by atoms with Crippen molar-refractivity contribution >= 4 is 11.5 Å². The van der Waals surface area contributed by atoms with Crippen LogP contribution in [-0.2, 0) is 0 Å². The van der Waals surface area contributed by atoms with Crippen LogP contribution in [0.2, 0.25) is 0 Å². The van der Waals surface area contributed by atoms with Crippen LogP contribution >= 0.6 is 0 Å². The Morgan fingerprint density at radius 1 is 1.46 bits per heavy atom. The second kappa shape index (κ2) is 4.50. The molecule has 0 aliphatic rings. The third kappa shape index (κ3) is 2.47. The fourth-order valence-electron chi connectivity index (χ4n) is 1.13. The molecule has 1 aromatic carbocycles. The summed E-state index contributed by atoms with van der Waals surface area (Å²) in [6, 6.07) is 7.60. The molecule has 0 unspecified atom stereocenters. The summed E-state index contributed by atoms with van der Waals surface area (Å²) < 4.78 is 0. The molecule has 0 saturated carbocycles. The molecule has 70 valence electrons. The van der Waals surface area contributed by atoms with E-state index in [9.17, 15) is 0 Å². The van der Waals surface area contributed by atoms with E-state index in [1.165, 1.54) is 0 Å². The molecule has 13 heavy (non-hydrogen) atoms. The van der Waals surface area contributed by atoms with Crippen molar-refractivity contribution in [2.24, 2.45) is 5.73 Å². The van der Waals surface area contributed by atoms with Gasteiger partial charge in [0.15, 0.2) is 0 Å². The SMILES string of the molecule is CCCNc1ccccc1C(=N)N. The van der Waals surface area contributed by atoms with Crippen molar-refractivity contribution in [1.29, 1.82) is 5.41 Å². The standard InChI is InChI=1S/C10H15N3/c1-2-7-13-9-6-4-3-5-8(9)10(11)12/h3-6,13H,2,7H2,1H3,(H3,11,12). The lowest BCUT2D eigenvalue weighted by Crippen LogP contribution is -2.14. The Morgan fingerprint density at radius 2 is 2.15 bits per heavy atom. The van der Waals surface area contributed by atoms with E-state index in [-0.39, 0.29) is 5.84 Å². The Balaban J connectivity index is 2.84. The number of nitrogens with two attached hydrogens (primary N) is 1. The van der Waals surface area contributed by atoms with Gasteiger partial charge in [0, 0.05) is 17.8 Å². The molecule has 0 heterocycles. The summed E-state index contributed by atoms with van der Waals surface area (Å²) in [5, 5.41) is 10.6. The van der Waals surface area contributed by atoms with E-state index >= 15 is 0 Å². The molecule has 0 atom stereocenters. The predicted octanol–water partition coefficient (Wildman–Crippen LogP) is 1.79. The van der Waals surface area contributed by atoms with Crippen LogP contribution < -0.4 is 11.1 Å². The van der Waals surface area contributed by atoms with E-state index in [0.29, 0.717) is 0 Å². The minimum Gasteiger partial charge on any atom is -0.384 e. The molecule has 1 rings (SSSR count). The van der Waals surface area contributed by atoms with E-state index < -0.39 is 0 Å². The van der Waals surface area contributed by atoms with Gasteiger partial charge in [0.05, 0.1) is 0 Å². The third-order valence-electron chi connectivity index (χ3n) is 1.78. The summed E-state index contributed by atoms with van der Waals surface area (Å²) in [4.78, 5) is 0. The fraction of sp³-hybridized carbons (Fsp3) is 0.300. The zero-order valence-corrected chi connectivity index (χ0v) is 7.80. The molecule has 4 N–H and O–H groups in total. The predicted molar refractivity (Wildman–Crippen MR) is 56.2 cm³/mol. The maximum atomic E-state index is 7.35. The number of nitrogens with one attached hydrogen (secondary N) is 2. The highest BCUT2D eigenvalue weighted by Gasteiger charge is 2.01. The Hall–Kier alpha value is -1.51. The Bertz CT molecular complexity index is 294. The van der Waals surface area contributed by atoms with Crippen LogP contribution in [-0.4, -0.2) is 12.4 Å². The Kier molecular flexibility index (Phi) is 3.31. The molecule has 0 fully saturated rings. The number of nitrogen functional groups attached to an aromatic ring is 1. The number of rotatable bonds is 4. The van der Waals surface area contributed by atoms with Gasteiger partial charge in [0.1, 0.15) is 5.84 Å². The zero-order valence-electron chi connectivity index (χ0n) is 7.80. The molecule has 0 aliphatic carbocycles. The number of hydrogen-bond acceptors (Lipinski definition) is 2. The molecular weight excluding hydrogens is 162 g/mol. The van der Waals surface area contributed by atoms with E-state index in [1.54, 1.807) is 0 Å². The van der Waals surface area contributed by atoms with Crippen LogP contribution in [0.1, 0.15) is 18.9 Å². The zero-order chi connectivity index (χ0) is 9.68. The van der Waals surface area contributed by atoms with Gasteiger partial charge in [0.25, 0.3) is 0 Å². The summed E-state index contributed by atoms with van der Waals surface area (Å²) in [5.74, 6) is 0.110. The van der Waals surface area contributed by atoms with Crippen LogP contribution in [0, 0.1) is 5.41 Å². The molecule has 0 spiro atoms. The van der Waals surface area contributed by atoms with Crippen molar-refractivity contribution in [3.63, 3.8) is 0 Å². The molecule has 0 saturated heterocycles. The molecule has 0 aliphatic heterocycles. The van der Waals surface area contributed by atoms with Gasteiger partial charge in [0.2, 0.25) is 0 Å². The Labute approximate surface area is 78.5 Å². The van der Waals surface area contributed by atoms with Gasteiger partial charge in [-0.05, 0) is 18.6 Å². The average Bonchev–Trinajstić information content (AvgIpc) is 2.15. The normalized spacial score (nSPS) is 9.62. The summed E-state index contributed by atoms with van der Waals surface area (Å²) in [6.07, 6.45) is 1.06. The first-order chi connectivity index (χ1) is 6.25. The molecule has 0 radical (unpaired) electrons. The van der Waals surface area contributed by atoms with Crippen molar-refractivity contribution in [2.45, 2.75) is 13.3 Å². The summed E-state index contributed by atoms with van der Waals surface area (Å²) in [5.41, 5.74) is 7.15. The van der Waals surface area contributed by atoms with Gasteiger partial charge in [-0.1, -0.05) is 19.1 Å². The lowest BCUT2D eigenvalue weighted by molar-refractivity contribution is 0.979. The highest BCUT2D eigenvalue weighted by atomic mass is 14.9. The van der Waals surface area contributed by atoms with Crippen molar-refractivity contribution in [3.05, 3.63) is 29.8 Å². The molecule has 1 aromatic rings. The maximum Gasteiger partial charge on any atom is 0.124 e. The van der Waals surface area contributed by atoms with Crippen molar-refractivity contribution in [2.75, 3.05) is 11.9 Å². The van der Waals surface area contributed by atoms with E-state index in [0.717, 1.165) is 24.2 Å². The van der Waals surface area contributed by atoms with Crippen molar-refractivity contribution in [3.8, 4) is 0 Å². The lowest BCUT2D eigenvalue weighted by atomic mass is 10.1. The first-order valence-corrected chi connectivity index (χ1v) is 4.43. The largest absolute Gasteiger partial charge is 0.384 e. The molecular formula is C10H15N3. The first-order valence-electron chi connectivity index (χ1n) is 4.43. The van der Waals surface area contributed by atoms with Crippen molar-refractivity contribution < 1.29 is 0 Å². The number of benzene rings is 1. The van der Waals surface area contributed by atoms with Crippen LogP contribution in [0.25, 0.3) is 0 Å². The first kappa shape index (κ1) is 9.58. The summed E-state index contributed by atoms with van der Waals surface area (Å²) in [6.45, 7) is 3.01. The van der Waals surface area contributed by atoms with Gasteiger partial charge >= 0.3 is 0 Å². The highest BCUT2D eigenvalue weighted by molar-refractivity contribution is 6.00. The van der Waals surface area contributed by atoms with Gasteiger partial charge in [-0.2, -0.15) is 0 Å². The van der Waals surface area contributed by atoms with Gasteiger partial charge < -0.3 is 11.1 Å². The topological polar surface area (TPSA) is 61.9 Å². The van der Waals surface area contributed by atoms with Crippen LogP contribution in [0.5, 0.6) is 0 Å². The number of hydrogen-bond donors (Lipinski definition) is 3. The number of para-hydroxylation sites is 1. The third-order valence-corrected chi connectivity index (χ3v) is 1.78. The van der Waals surface area contributed by atoms with Crippen molar-refractivity contribution in [1.82, 2.24) is 0 Å². The van der Waals surface area contributed by atoms with Crippen LogP contribution in [0.4, 0.5) is 5.69 Å². The fourth-order valence-corrected chi connectivity index (χ4v) is 1.13. The lowest BCUT2D eigenvalue weighted by Gasteiger charge is -2.09. The second-order valence-electron chi connectivity index (χ2n) is 2.89. The average molecular weight is 177 g/mol. The molecule has 3 heteroatoms. The summed E-state index contributed by atoms with van der Waals surface area (Å²) >= 11 is 0. The van der Waals surface area contributed by atoms with Gasteiger partial charge in [-0.15, -0.1) is 0 Å². The molecule has 0 bridgehead atoms. The number of amidine groups is 1. The smallest absolute Gasteiger partial charge is 0.124 e. The quantitative estimate of drug-likeness (QED) is 0.485. The van der Waals surface area contributed by atoms with Gasteiger partial charge in [-0.3, -0.25) is 5.41 Å². The maximum absolute atomic E-state index is 7.35. The monoisotopic (exact) mass is 177 g/mol. The molecule has 3 nitrogen and oxygen atoms in total. The van der Waals surface area contributed by atoms with Crippen LogP contribution in [0.15, 0.2) is 24.3 Å². The Morgan fingerprint density at radius 3 is 2.77 bits per heavy atom. The summed E-state index contributed by atoms with van der Waals surface area (Å²) in [7, 11) is 0.